The Morgan fingerprint density at radius 2 is 2.31 bits per heavy atom. The van der Waals surface area contributed by atoms with Crippen LogP contribution >= 0.6 is 0 Å². The molecule has 0 atom stereocenters. The molecule has 0 aliphatic carbocycles. The van der Waals surface area contributed by atoms with E-state index in [4.69, 9.17) is 0 Å². The molecule has 0 aliphatic heterocycles. The maximum absolute atomic E-state index is 11.2. The summed E-state index contributed by atoms with van der Waals surface area (Å²) in [4.78, 5) is 15.1. The van der Waals surface area contributed by atoms with Crippen LogP contribution in [0.4, 0.5) is 0 Å². The number of nitrogens with one attached hydrogen (secondary N) is 1. The molecule has 2 rings (SSSR count). The van der Waals surface area contributed by atoms with E-state index in [1.165, 1.54) is 10.7 Å². The smallest absolute Gasteiger partial charge is 0.248 e. The third kappa shape index (κ3) is 1.12. The van der Waals surface area contributed by atoms with Crippen LogP contribution < -0.4 is 5.69 Å². The number of hydrogen-bond acceptors (Lipinski definition) is 3. The molecule has 0 aromatic carbocycles. The van der Waals surface area contributed by atoms with E-state index in [0.29, 0.717) is 0 Å². The molecule has 0 aliphatic rings. The highest BCUT2D eigenvalue weighted by Crippen LogP contribution is 2.14. The molecular formula is C8H10N4O. The van der Waals surface area contributed by atoms with Gasteiger partial charge in [0.2, 0.25) is 0 Å². The van der Waals surface area contributed by atoms with Crippen LogP contribution in [0.2, 0.25) is 0 Å². The van der Waals surface area contributed by atoms with E-state index in [1.807, 2.05) is 13.8 Å². The fraction of sp³-hybridized carbons (Fsp3) is 0.375. The minimum atomic E-state index is -0.253. The van der Waals surface area contributed by atoms with E-state index in [0.717, 1.165) is 11.2 Å². The fourth-order valence-corrected chi connectivity index (χ4v) is 1.29. The lowest BCUT2D eigenvalue weighted by atomic mass is 10.1. The first-order chi connectivity index (χ1) is 6.20. The van der Waals surface area contributed by atoms with Gasteiger partial charge in [-0.25, -0.2) is 19.3 Å². The number of aromatic nitrogens is 4. The molecule has 0 fully saturated rings. The van der Waals surface area contributed by atoms with Gasteiger partial charge < -0.3 is 0 Å². The van der Waals surface area contributed by atoms with Crippen LogP contribution in [0.25, 0.3) is 5.52 Å². The van der Waals surface area contributed by atoms with Crippen molar-refractivity contribution in [3.05, 3.63) is 28.7 Å². The zero-order valence-electron chi connectivity index (χ0n) is 7.48. The summed E-state index contributed by atoms with van der Waals surface area (Å²) in [6.45, 7) is 4.04. The number of hydrogen-bond donors (Lipinski definition) is 1. The summed E-state index contributed by atoms with van der Waals surface area (Å²) < 4.78 is 1.46. The molecule has 2 aromatic rings. The van der Waals surface area contributed by atoms with E-state index in [1.54, 1.807) is 6.20 Å². The molecule has 13 heavy (non-hydrogen) atoms. The van der Waals surface area contributed by atoms with Crippen LogP contribution in [-0.2, 0) is 0 Å². The van der Waals surface area contributed by atoms with E-state index in [2.05, 4.69) is 15.2 Å². The van der Waals surface area contributed by atoms with Gasteiger partial charge in [-0.2, -0.15) is 5.10 Å². The SMILES string of the molecule is CC(C)c1n[nH]c(=O)n2cncc12. The van der Waals surface area contributed by atoms with Gasteiger partial charge in [0.25, 0.3) is 0 Å². The average Bonchev–Trinajstić information content (AvgIpc) is 2.53. The van der Waals surface area contributed by atoms with Gasteiger partial charge in [-0.1, -0.05) is 13.8 Å². The molecule has 5 heteroatoms. The van der Waals surface area contributed by atoms with Crippen LogP contribution in [-0.4, -0.2) is 19.6 Å². The molecule has 0 saturated heterocycles. The predicted octanol–water partition coefficient (Wildman–Crippen LogP) is 0.541. The molecular weight excluding hydrogens is 168 g/mol. The number of H-pyrrole nitrogens is 1. The highest BCUT2D eigenvalue weighted by Gasteiger charge is 2.08. The molecule has 68 valence electrons. The number of aromatic amines is 1. The Labute approximate surface area is 74.4 Å². The summed E-state index contributed by atoms with van der Waals surface area (Å²) >= 11 is 0. The van der Waals surface area contributed by atoms with Gasteiger partial charge in [0, 0.05) is 0 Å². The Bertz CT molecular complexity index is 482. The van der Waals surface area contributed by atoms with E-state index >= 15 is 0 Å². The topological polar surface area (TPSA) is 63.0 Å². The largest absolute Gasteiger partial charge is 0.347 e. The van der Waals surface area contributed by atoms with Crippen molar-refractivity contribution in [2.75, 3.05) is 0 Å². The predicted molar refractivity (Wildman–Crippen MR) is 47.7 cm³/mol. The third-order valence-corrected chi connectivity index (χ3v) is 1.94. The third-order valence-electron chi connectivity index (χ3n) is 1.94. The standard InChI is InChI=1S/C8H10N4O/c1-5(2)7-6-3-9-4-12(6)8(13)11-10-7/h3-5H,1-2H3,(H,11,13). The van der Waals surface area contributed by atoms with Crippen molar-refractivity contribution < 1.29 is 0 Å². The number of nitrogens with zero attached hydrogens (tertiary/aromatic N) is 3. The lowest BCUT2D eigenvalue weighted by Gasteiger charge is -2.04. The van der Waals surface area contributed by atoms with E-state index in [-0.39, 0.29) is 11.6 Å². The van der Waals surface area contributed by atoms with Gasteiger partial charge in [-0.3, -0.25) is 0 Å². The van der Waals surface area contributed by atoms with Crippen molar-refractivity contribution >= 4 is 5.52 Å². The van der Waals surface area contributed by atoms with Crippen LogP contribution in [0.1, 0.15) is 25.5 Å². The molecule has 2 heterocycles. The molecule has 0 saturated carbocycles. The Morgan fingerprint density at radius 3 is 3.00 bits per heavy atom. The molecule has 0 bridgehead atoms. The summed E-state index contributed by atoms with van der Waals surface area (Å²) in [6, 6.07) is 0. The summed E-state index contributed by atoms with van der Waals surface area (Å²) in [5.41, 5.74) is 1.38. The molecule has 0 unspecified atom stereocenters. The van der Waals surface area contributed by atoms with Crippen molar-refractivity contribution in [3.8, 4) is 0 Å². The molecule has 0 spiro atoms. The summed E-state index contributed by atoms with van der Waals surface area (Å²) in [6.07, 6.45) is 3.14. The zero-order valence-corrected chi connectivity index (χ0v) is 7.48. The van der Waals surface area contributed by atoms with Crippen LogP contribution in [0, 0.1) is 0 Å². The number of imidazole rings is 1. The minimum absolute atomic E-state index is 0.253. The van der Waals surface area contributed by atoms with Crippen molar-refractivity contribution in [2.45, 2.75) is 19.8 Å². The van der Waals surface area contributed by atoms with Crippen molar-refractivity contribution in [2.24, 2.45) is 0 Å². The summed E-state index contributed by atoms with van der Waals surface area (Å²) in [5.74, 6) is 0.274. The second-order valence-corrected chi connectivity index (χ2v) is 3.22. The second kappa shape index (κ2) is 2.69. The molecule has 5 nitrogen and oxygen atoms in total. The summed E-state index contributed by atoms with van der Waals surface area (Å²) in [7, 11) is 0. The van der Waals surface area contributed by atoms with Gasteiger partial charge in [0.1, 0.15) is 6.33 Å². The Hall–Kier alpha value is -1.65. The van der Waals surface area contributed by atoms with Gasteiger partial charge >= 0.3 is 5.69 Å². The Balaban J connectivity index is 2.86. The van der Waals surface area contributed by atoms with Gasteiger partial charge in [0.05, 0.1) is 17.4 Å². The van der Waals surface area contributed by atoms with Crippen LogP contribution in [0.3, 0.4) is 0 Å². The highest BCUT2D eigenvalue weighted by molar-refractivity contribution is 5.49. The molecule has 2 aromatic heterocycles. The lowest BCUT2D eigenvalue weighted by Crippen LogP contribution is -2.19. The summed E-state index contributed by atoms with van der Waals surface area (Å²) in [5, 5.41) is 6.41. The quantitative estimate of drug-likeness (QED) is 0.693. The molecule has 0 radical (unpaired) electrons. The fourth-order valence-electron chi connectivity index (χ4n) is 1.29. The first kappa shape index (κ1) is 7.97. The highest BCUT2D eigenvalue weighted by atomic mass is 16.1. The second-order valence-electron chi connectivity index (χ2n) is 3.22. The molecule has 1 N–H and O–H groups in total. The maximum atomic E-state index is 11.2. The van der Waals surface area contributed by atoms with Crippen LogP contribution in [0.15, 0.2) is 17.3 Å². The van der Waals surface area contributed by atoms with Crippen molar-refractivity contribution in [3.63, 3.8) is 0 Å². The minimum Gasteiger partial charge on any atom is -0.248 e. The Kier molecular flexibility index (Phi) is 1.65. The molecule has 0 amide bonds. The number of fused-ring (bicyclic) bond motifs is 1. The van der Waals surface area contributed by atoms with Gasteiger partial charge in [-0.05, 0) is 5.92 Å². The van der Waals surface area contributed by atoms with Crippen LogP contribution in [0.5, 0.6) is 0 Å². The first-order valence-corrected chi connectivity index (χ1v) is 4.11. The zero-order chi connectivity index (χ0) is 9.42. The lowest BCUT2D eigenvalue weighted by molar-refractivity contribution is 0.756. The normalized spacial score (nSPS) is 11.3. The number of rotatable bonds is 1. The maximum Gasteiger partial charge on any atom is 0.347 e. The van der Waals surface area contributed by atoms with Crippen molar-refractivity contribution in [1.82, 2.24) is 19.6 Å². The van der Waals surface area contributed by atoms with Gasteiger partial charge in [-0.15, -0.1) is 0 Å². The first-order valence-electron chi connectivity index (χ1n) is 4.11. The Morgan fingerprint density at radius 1 is 1.54 bits per heavy atom. The van der Waals surface area contributed by atoms with Crippen molar-refractivity contribution in [1.29, 1.82) is 0 Å². The van der Waals surface area contributed by atoms with E-state index in [9.17, 15) is 4.79 Å². The van der Waals surface area contributed by atoms with E-state index < -0.39 is 0 Å². The monoisotopic (exact) mass is 178 g/mol. The average molecular weight is 178 g/mol. The van der Waals surface area contributed by atoms with Gasteiger partial charge in [0.15, 0.2) is 0 Å².